The molecule has 4 nitrogen and oxygen atoms in total. The third kappa shape index (κ3) is 4.01. The van der Waals surface area contributed by atoms with Crippen molar-refractivity contribution >= 4 is 5.97 Å². The number of rotatable bonds is 5. The van der Waals surface area contributed by atoms with Crippen molar-refractivity contribution in [2.75, 3.05) is 13.7 Å². The number of benzene rings is 1. The lowest BCUT2D eigenvalue weighted by molar-refractivity contribution is -0.160. The summed E-state index contributed by atoms with van der Waals surface area (Å²) < 4.78 is 17.9. The molecule has 5 heteroatoms. The van der Waals surface area contributed by atoms with E-state index in [-0.39, 0.29) is 18.4 Å². The molecular formula is C14H20FNO3. The van der Waals surface area contributed by atoms with Crippen LogP contribution < -0.4 is 5.32 Å². The van der Waals surface area contributed by atoms with Crippen LogP contribution in [0.5, 0.6) is 0 Å². The normalized spacial score (nSPS) is 15.7. The molecule has 0 aliphatic rings. The molecule has 106 valence electrons. The molecule has 0 radical (unpaired) electrons. The molecule has 2 unspecified atom stereocenters. The number of methoxy groups -OCH3 is 1. The molecule has 0 saturated carbocycles. The Morgan fingerprint density at radius 3 is 2.74 bits per heavy atom. The van der Waals surface area contributed by atoms with Crippen LogP contribution in [-0.4, -0.2) is 30.3 Å². The lowest BCUT2D eigenvalue weighted by atomic mass is 10.0. The maximum absolute atomic E-state index is 13.4. The quantitative estimate of drug-likeness (QED) is 0.799. The number of hydrogen-bond donors (Lipinski definition) is 2. The molecule has 2 atom stereocenters. The maximum atomic E-state index is 13.4. The number of aliphatic hydroxyl groups is 1. The smallest absolute Gasteiger partial charge is 0.338 e. The predicted molar refractivity (Wildman–Crippen MR) is 70.2 cm³/mol. The van der Waals surface area contributed by atoms with Gasteiger partial charge in [-0.25, -0.2) is 9.18 Å². The molecule has 0 aromatic heterocycles. The molecule has 0 aliphatic heterocycles. The first-order valence-electron chi connectivity index (χ1n) is 6.08. The molecule has 0 amide bonds. The molecular weight excluding hydrogens is 249 g/mol. The van der Waals surface area contributed by atoms with E-state index in [4.69, 9.17) is 0 Å². The van der Waals surface area contributed by atoms with Crippen LogP contribution in [0, 0.1) is 12.7 Å². The van der Waals surface area contributed by atoms with Gasteiger partial charge in [-0.05, 0) is 38.0 Å². The van der Waals surface area contributed by atoms with Gasteiger partial charge in [0.1, 0.15) is 5.82 Å². The highest BCUT2D eigenvalue weighted by Gasteiger charge is 2.31. The summed E-state index contributed by atoms with van der Waals surface area (Å²) in [6, 6.07) is 4.76. The highest BCUT2D eigenvalue weighted by atomic mass is 19.1. The molecule has 19 heavy (non-hydrogen) atoms. The highest BCUT2D eigenvalue weighted by Crippen LogP contribution is 2.17. The number of carbonyl (C=O) groups excluding carboxylic acids is 1. The minimum atomic E-state index is -1.60. The number of aryl methyl sites for hydroxylation is 1. The molecule has 1 aromatic rings. The summed E-state index contributed by atoms with van der Waals surface area (Å²) in [6.45, 7) is 4.92. The summed E-state index contributed by atoms with van der Waals surface area (Å²) in [5.41, 5.74) is -0.270. The van der Waals surface area contributed by atoms with Crippen LogP contribution in [0.3, 0.4) is 0 Å². The van der Waals surface area contributed by atoms with E-state index >= 15 is 0 Å². The van der Waals surface area contributed by atoms with Gasteiger partial charge in [-0.2, -0.15) is 0 Å². The van der Waals surface area contributed by atoms with Crippen LogP contribution in [0.4, 0.5) is 4.39 Å². The van der Waals surface area contributed by atoms with Gasteiger partial charge >= 0.3 is 5.97 Å². The first-order valence-corrected chi connectivity index (χ1v) is 6.08. The van der Waals surface area contributed by atoms with Gasteiger partial charge in [0.05, 0.1) is 7.11 Å². The van der Waals surface area contributed by atoms with Crippen molar-refractivity contribution in [1.29, 1.82) is 0 Å². The topological polar surface area (TPSA) is 58.6 Å². The fourth-order valence-corrected chi connectivity index (χ4v) is 1.64. The van der Waals surface area contributed by atoms with Gasteiger partial charge in [-0.1, -0.05) is 12.1 Å². The van der Waals surface area contributed by atoms with Gasteiger partial charge in [-0.15, -0.1) is 0 Å². The van der Waals surface area contributed by atoms with Crippen molar-refractivity contribution in [3.8, 4) is 0 Å². The number of carbonyl (C=O) groups is 1. The average molecular weight is 269 g/mol. The van der Waals surface area contributed by atoms with Crippen molar-refractivity contribution < 1.29 is 19.0 Å². The number of nitrogens with one attached hydrogen (secondary N) is 1. The largest absolute Gasteiger partial charge is 0.467 e. The van der Waals surface area contributed by atoms with Gasteiger partial charge in [0.2, 0.25) is 0 Å². The maximum Gasteiger partial charge on any atom is 0.338 e. The van der Waals surface area contributed by atoms with Crippen molar-refractivity contribution in [2.24, 2.45) is 0 Å². The minimum Gasteiger partial charge on any atom is -0.467 e. The lowest BCUT2D eigenvalue weighted by Gasteiger charge is -2.23. The second-order valence-electron chi connectivity index (χ2n) is 4.88. The molecule has 0 saturated heterocycles. The van der Waals surface area contributed by atoms with Crippen molar-refractivity contribution in [3.05, 3.63) is 35.1 Å². The van der Waals surface area contributed by atoms with E-state index in [1.807, 2.05) is 13.0 Å². The van der Waals surface area contributed by atoms with Crippen LogP contribution in [0.2, 0.25) is 0 Å². The number of hydrogen-bond acceptors (Lipinski definition) is 4. The number of ether oxygens (including phenoxy) is 1. The summed E-state index contributed by atoms with van der Waals surface area (Å²) in [5.74, 6) is -0.979. The Balaban J connectivity index is 2.67. The Hall–Kier alpha value is -1.46. The summed E-state index contributed by atoms with van der Waals surface area (Å²) >= 11 is 0. The average Bonchev–Trinajstić information content (AvgIpc) is 2.38. The summed E-state index contributed by atoms with van der Waals surface area (Å²) in [5, 5.41) is 12.8. The monoisotopic (exact) mass is 269 g/mol. The Bertz CT molecular complexity index is 460. The lowest BCUT2D eigenvalue weighted by Crippen LogP contribution is -2.46. The van der Waals surface area contributed by atoms with Crippen LogP contribution in [0.25, 0.3) is 0 Å². The zero-order valence-electron chi connectivity index (χ0n) is 11.7. The standard InChI is InChI=1S/C14H20FNO3/c1-9-5-6-11(7-12(9)15)10(2)16-8-14(3,18)13(17)19-4/h5-7,10,16,18H,8H2,1-4H3. The molecule has 0 spiro atoms. The second kappa shape index (κ2) is 6.12. The Morgan fingerprint density at radius 1 is 1.58 bits per heavy atom. The second-order valence-corrected chi connectivity index (χ2v) is 4.88. The zero-order valence-corrected chi connectivity index (χ0v) is 11.7. The summed E-state index contributed by atoms with van der Waals surface area (Å²) in [7, 11) is 1.22. The van der Waals surface area contributed by atoms with Crippen molar-refractivity contribution in [3.63, 3.8) is 0 Å². The van der Waals surface area contributed by atoms with Gasteiger partial charge < -0.3 is 15.2 Å². The Kier molecular flexibility index (Phi) is 5.03. The van der Waals surface area contributed by atoms with E-state index in [1.54, 1.807) is 13.0 Å². The van der Waals surface area contributed by atoms with E-state index in [2.05, 4.69) is 10.1 Å². The van der Waals surface area contributed by atoms with Crippen molar-refractivity contribution in [2.45, 2.75) is 32.4 Å². The molecule has 0 heterocycles. The minimum absolute atomic E-state index is 0.0241. The number of halogens is 1. The van der Waals surface area contributed by atoms with E-state index in [9.17, 15) is 14.3 Å². The van der Waals surface area contributed by atoms with Gasteiger partial charge in [-0.3, -0.25) is 0 Å². The van der Waals surface area contributed by atoms with E-state index < -0.39 is 11.6 Å². The van der Waals surface area contributed by atoms with E-state index in [0.29, 0.717) is 5.56 Å². The molecule has 0 fully saturated rings. The number of esters is 1. The fourth-order valence-electron chi connectivity index (χ4n) is 1.64. The Labute approximate surface area is 112 Å². The fraction of sp³-hybridized carbons (Fsp3) is 0.500. The first kappa shape index (κ1) is 15.6. The van der Waals surface area contributed by atoms with E-state index in [1.165, 1.54) is 20.1 Å². The molecule has 1 rings (SSSR count). The van der Waals surface area contributed by atoms with Gasteiger partial charge in [0.15, 0.2) is 5.60 Å². The third-order valence-electron chi connectivity index (χ3n) is 3.07. The molecule has 0 bridgehead atoms. The Morgan fingerprint density at radius 2 is 2.21 bits per heavy atom. The zero-order chi connectivity index (χ0) is 14.6. The highest BCUT2D eigenvalue weighted by molar-refractivity contribution is 5.78. The van der Waals surface area contributed by atoms with Crippen LogP contribution in [0.1, 0.15) is 31.0 Å². The van der Waals surface area contributed by atoms with Gasteiger partial charge in [0, 0.05) is 12.6 Å². The van der Waals surface area contributed by atoms with Crippen LogP contribution >= 0.6 is 0 Å². The first-order chi connectivity index (χ1) is 8.77. The molecule has 2 N–H and O–H groups in total. The van der Waals surface area contributed by atoms with Gasteiger partial charge in [0.25, 0.3) is 0 Å². The SMILES string of the molecule is COC(=O)C(C)(O)CNC(C)c1ccc(C)c(F)c1. The predicted octanol–water partition coefficient (Wildman–Crippen LogP) is 1.71. The van der Waals surface area contributed by atoms with Crippen LogP contribution in [-0.2, 0) is 9.53 Å². The summed E-state index contributed by atoms with van der Waals surface area (Å²) in [6.07, 6.45) is 0. The van der Waals surface area contributed by atoms with Crippen LogP contribution in [0.15, 0.2) is 18.2 Å². The third-order valence-corrected chi connectivity index (χ3v) is 3.07. The van der Waals surface area contributed by atoms with E-state index in [0.717, 1.165) is 5.56 Å². The van der Waals surface area contributed by atoms with Crippen molar-refractivity contribution in [1.82, 2.24) is 5.32 Å². The summed E-state index contributed by atoms with van der Waals surface area (Å²) in [4.78, 5) is 11.3. The molecule has 0 aliphatic carbocycles. The molecule has 1 aromatic carbocycles.